The Balaban J connectivity index is 2.01. The van der Waals surface area contributed by atoms with Crippen molar-refractivity contribution in [2.75, 3.05) is 5.32 Å². The number of nitrogens with zero attached hydrogens (tertiary/aromatic N) is 1. The molecule has 24 heavy (non-hydrogen) atoms. The fourth-order valence-corrected chi connectivity index (χ4v) is 2.93. The molecule has 124 valence electrons. The third kappa shape index (κ3) is 3.31. The summed E-state index contributed by atoms with van der Waals surface area (Å²) < 4.78 is 28.7. The van der Waals surface area contributed by atoms with Gasteiger partial charge in [0.1, 0.15) is 11.5 Å². The van der Waals surface area contributed by atoms with Crippen LogP contribution >= 0.6 is 34.8 Å². The van der Waals surface area contributed by atoms with Gasteiger partial charge in [-0.15, -0.1) is 0 Å². The summed E-state index contributed by atoms with van der Waals surface area (Å²) in [5.41, 5.74) is 1.24. The van der Waals surface area contributed by atoms with Crippen LogP contribution in [0.3, 0.4) is 0 Å². The van der Waals surface area contributed by atoms with Crippen molar-refractivity contribution >= 4 is 57.8 Å². The number of aliphatic imine (C=N–C) groups is 1. The average Bonchev–Trinajstić information content (AvgIpc) is 2.79. The first-order valence-electron chi connectivity index (χ1n) is 6.49. The van der Waals surface area contributed by atoms with Crippen LogP contribution in [0.15, 0.2) is 35.3 Å². The summed E-state index contributed by atoms with van der Waals surface area (Å²) in [6, 6.07) is 7.00. The Morgan fingerprint density at radius 3 is 2.50 bits per heavy atom. The fraction of sp³-hybridized carbons (Fsp3) is 0.0667. The Hall–Kier alpha value is -1.89. The van der Waals surface area contributed by atoms with Crippen LogP contribution in [-0.4, -0.2) is 18.2 Å². The molecule has 9 heteroatoms. The first-order chi connectivity index (χ1) is 11.3. The van der Waals surface area contributed by atoms with Gasteiger partial charge in [-0.1, -0.05) is 34.8 Å². The highest BCUT2D eigenvalue weighted by molar-refractivity contribution is 6.56. The molecule has 1 aliphatic heterocycles. The van der Waals surface area contributed by atoms with Gasteiger partial charge in [0, 0.05) is 10.6 Å². The highest BCUT2D eigenvalue weighted by atomic mass is 35.5. The minimum absolute atomic E-state index is 0.0556. The summed E-state index contributed by atoms with van der Waals surface area (Å²) in [6.07, 6.45) is 0. The molecule has 0 saturated heterocycles. The molecule has 0 fully saturated rings. The Kier molecular flexibility index (Phi) is 4.62. The molecule has 2 aromatic rings. The molecule has 1 N–H and O–H groups in total. The van der Waals surface area contributed by atoms with Crippen molar-refractivity contribution < 1.29 is 18.3 Å². The SMILES string of the molecule is O=C1Nc2c(Cl)cc(Cl)cc2C1=Nc1ccc(OC(F)F)c(Cl)c1. The molecule has 0 radical (unpaired) electrons. The molecule has 3 rings (SSSR count). The monoisotopic (exact) mass is 390 g/mol. The molecule has 0 atom stereocenters. The summed E-state index contributed by atoms with van der Waals surface area (Å²) in [5.74, 6) is -0.642. The van der Waals surface area contributed by atoms with Crippen molar-refractivity contribution in [3.8, 4) is 5.75 Å². The van der Waals surface area contributed by atoms with E-state index in [9.17, 15) is 13.6 Å². The zero-order chi connectivity index (χ0) is 17.4. The second kappa shape index (κ2) is 6.55. The smallest absolute Gasteiger partial charge is 0.387 e. The van der Waals surface area contributed by atoms with E-state index < -0.39 is 12.5 Å². The van der Waals surface area contributed by atoms with Gasteiger partial charge in [-0.2, -0.15) is 8.78 Å². The van der Waals surface area contributed by atoms with E-state index in [1.54, 1.807) is 6.07 Å². The Labute approximate surface area is 150 Å². The third-order valence-corrected chi connectivity index (χ3v) is 3.95. The van der Waals surface area contributed by atoms with E-state index in [1.165, 1.54) is 24.3 Å². The Morgan fingerprint density at radius 2 is 1.83 bits per heavy atom. The zero-order valence-corrected chi connectivity index (χ0v) is 13.9. The largest absolute Gasteiger partial charge is 0.433 e. The predicted octanol–water partition coefficient (Wildman–Crippen LogP) is 5.32. The van der Waals surface area contributed by atoms with Gasteiger partial charge in [0.25, 0.3) is 5.91 Å². The summed E-state index contributed by atoms with van der Waals surface area (Å²) in [7, 11) is 0. The van der Waals surface area contributed by atoms with Crippen molar-refractivity contribution in [1.29, 1.82) is 0 Å². The molecule has 1 amide bonds. The Bertz CT molecular complexity index is 872. The lowest BCUT2D eigenvalue weighted by Crippen LogP contribution is -2.13. The number of hydrogen-bond donors (Lipinski definition) is 1. The van der Waals surface area contributed by atoms with Crippen LogP contribution in [0.4, 0.5) is 20.2 Å². The Morgan fingerprint density at radius 1 is 1.08 bits per heavy atom. The first kappa shape index (κ1) is 17.0. The number of rotatable bonds is 3. The molecular formula is C15H7Cl3F2N2O2. The van der Waals surface area contributed by atoms with Gasteiger partial charge in [0.05, 0.1) is 21.4 Å². The van der Waals surface area contributed by atoms with Gasteiger partial charge >= 0.3 is 6.61 Å². The summed E-state index contributed by atoms with van der Waals surface area (Å²) in [4.78, 5) is 16.3. The number of fused-ring (bicyclic) bond motifs is 1. The van der Waals surface area contributed by atoms with Crippen LogP contribution in [0.5, 0.6) is 5.75 Å². The topological polar surface area (TPSA) is 50.7 Å². The second-order valence-corrected chi connectivity index (χ2v) is 5.97. The number of anilines is 1. The van der Waals surface area contributed by atoms with Crippen LogP contribution in [-0.2, 0) is 4.79 Å². The van der Waals surface area contributed by atoms with Crippen molar-refractivity contribution in [2.24, 2.45) is 4.99 Å². The molecule has 0 unspecified atom stereocenters. The van der Waals surface area contributed by atoms with Crippen LogP contribution in [0.1, 0.15) is 5.56 Å². The van der Waals surface area contributed by atoms with Crippen molar-refractivity contribution in [3.63, 3.8) is 0 Å². The molecule has 1 aliphatic rings. The zero-order valence-electron chi connectivity index (χ0n) is 11.6. The van der Waals surface area contributed by atoms with Gasteiger partial charge in [-0.3, -0.25) is 4.79 Å². The van der Waals surface area contributed by atoms with Crippen molar-refractivity contribution in [3.05, 3.63) is 51.0 Å². The van der Waals surface area contributed by atoms with E-state index in [-0.39, 0.29) is 27.2 Å². The lowest BCUT2D eigenvalue weighted by atomic mass is 10.1. The van der Waals surface area contributed by atoms with Gasteiger partial charge in [-0.05, 0) is 30.3 Å². The maximum Gasteiger partial charge on any atom is 0.387 e. The molecule has 0 saturated carbocycles. The molecule has 2 aromatic carbocycles. The molecule has 0 aromatic heterocycles. The maximum absolute atomic E-state index is 12.2. The first-order valence-corrected chi connectivity index (χ1v) is 7.62. The minimum Gasteiger partial charge on any atom is -0.433 e. The van der Waals surface area contributed by atoms with Gasteiger partial charge in [0.15, 0.2) is 0 Å². The van der Waals surface area contributed by atoms with Crippen LogP contribution in [0.2, 0.25) is 15.1 Å². The summed E-state index contributed by atoms with van der Waals surface area (Å²) in [6.45, 7) is -2.99. The minimum atomic E-state index is -2.99. The number of carbonyl (C=O) groups is 1. The van der Waals surface area contributed by atoms with Crippen molar-refractivity contribution in [1.82, 2.24) is 0 Å². The lowest BCUT2D eigenvalue weighted by Gasteiger charge is -2.07. The molecule has 4 nitrogen and oxygen atoms in total. The average molecular weight is 392 g/mol. The van der Waals surface area contributed by atoms with E-state index in [0.29, 0.717) is 16.3 Å². The number of ether oxygens (including phenoxy) is 1. The van der Waals surface area contributed by atoms with E-state index in [2.05, 4.69) is 15.0 Å². The second-order valence-electron chi connectivity index (χ2n) is 4.72. The molecule has 0 bridgehead atoms. The molecule has 1 heterocycles. The number of benzene rings is 2. The van der Waals surface area contributed by atoms with E-state index in [4.69, 9.17) is 34.8 Å². The number of halogens is 5. The number of alkyl halides is 2. The van der Waals surface area contributed by atoms with E-state index in [0.717, 1.165) is 0 Å². The normalized spacial score (nSPS) is 14.9. The maximum atomic E-state index is 12.2. The number of hydrogen-bond acceptors (Lipinski definition) is 3. The van der Waals surface area contributed by atoms with Crippen LogP contribution < -0.4 is 10.1 Å². The quantitative estimate of drug-likeness (QED) is 0.770. The van der Waals surface area contributed by atoms with E-state index >= 15 is 0 Å². The highest BCUT2D eigenvalue weighted by Gasteiger charge is 2.28. The highest BCUT2D eigenvalue weighted by Crippen LogP contribution is 2.36. The molecule has 0 aliphatic carbocycles. The standard InChI is InChI=1S/C15H7Cl3F2N2O2/c16-6-3-8-12(10(18)4-6)22-14(23)13(8)21-7-1-2-11(9(17)5-7)24-15(19)20/h1-5,15H,(H,21,22,23). The van der Waals surface area contributed by atoms with Crippen molar-refractivity contribution in [2.45, 2.75) is 6.61 Å². The van der Waals surface area contributed by atoms with Crippen LogP contribution in [0, 0.1) is 0 Å². The van der Waals surface area contributed by atoms with Gasteiger partial charge in [-0.25, -0.2) is 4.99 Å². The van der Waals surface area contributed by atoms with E-state index in [1.807, 2.05) is 0 Å². The number of nitrogens with one attached hydrogen (secondary N) is 1. The lowest BCUT2D eigenvalue weighted by molar-refractivity contribution is -0.110. The van der Waals surface area contributed by atoms with Crippen LogP contribution in [0.25, 0.3) is 0 Å². The third-order valence-electron chi connectivity index (χ3n) is 3.14. The summed E-state index contributed by atoms with van der Waals surface area (Å²) in [5, 5.41) is 3.18. The predicted molar refractivity (Wildman–Crippen MR) is 89.4 cm³/mol. The fourth-order valence-electron chi connectivity index (χ4n) is 2.17. The molecule has 0 spiro atoms. The number of amides is 1. The molecular weight excluding hydrogens is 385 g/mol. The van der Waals surface area contributed by atoms with Gasteiger partial charge < -0.3 is 10.1 Å². The van der Waals surface area contributed by atoms with Gasteiger partial charge in [0.2, 0.25) is 0 Å². The number of carbonyl (C=O) groups excluding carboxylic acids is 1. The summed E-state index contributed by atoms with van der Waals surface area (Å²) >= 11 is 17.9.